The molecule has 1 fully saturated rings. The predicted octanol–water partition coefficient (Wildman–Crippen LogP) is 1.60. The summed E-state index contributed by atoms with van der Waals surface area (Å²) in [6.07, 6.45) is 2.67. The fourth-order valence-electron chi connectivity index (χ4n) is 2.82. The molecule has 1 aliphatic rings. The molecule has 0 radical (unpaired) electrons. The number of rotatable bonds is 3. The van der Waals surface area contributed by atoms with Gasteiger partial charge in [0.15, 0.2) is 0 Å². The van der Waals surface area contributed by atoms with Crippen molar-refractivity contribution in [3.8, 4) is 0 Å². The van der Waals surface area contributed by atoms with Gasteiger partial charge in [0.25, 0.3) is 0 Å². The van der Waals surface area contributed by atoms with Gasteiger partial charge in [-0.15, -0.1) is 0 Å². The van der Waals surface area contributed by atoms with E-state index in [0.717, 1.165) is 24.9 Å². The number of anilines is 1. The summed E-state index contributed by atoms with van der Waals surface area (Å²) in [7, 11) is 1.22. The first-order valence-corrected chi connectivity index (χ1v) is 7.73. The van der Waals surface area contributed by atoms with Crippen molar-refractivity contribution in [3.63, 3.8) is 0 Å². The zero-order chi connectivity index (χ0) is 16.8. The first-order chi connectivity index (χ1) is 11.0. The molecule has 6 heteroatoms. The van der Waals surface area contributed by atoms with Crippen LogP contribution in [0.3, 0.4) is 0 Å². The number of carbonyl (C=O) groups excluding carboxylic acids is 3. The average Bonchev–Trinajstić information content (AvgIpc) is 2.55. The quantitative estimate of drug-likeness (QED) is 0.678. The number of amides is 2. The molecule has 1 aliphatic heterocycles. The van der Waals surface area contributed by atoms with Crippen molar-refractivity contribution in [1.82, 2.24) is 4.90 Å². The summed E-state index contributed by atoms with van der Waals surface area (Å²) in [6.45, 7) is 2.66. The van der Waals surface area contributed by atoms with Gasteiger partial charge in [0, 0.05) is 25.7 Å². The van der Waals surface area contributed by atoms with Gasteiger partial charge in [-0.05, 0) is 42.9 Å². The van der Waals surface area contributed by atoms with Crippen LogP contribution in [0.25, 0.3) is 0 Å². The van der Waals surface area contributed by atoms with E-state index < -0.39 is 11.9 Å². The van der Waals surface area contributed by atoms with Gasteiger partial charge < -0.3 is 15.0 Å². The number of hydrogen-bond acceptors (Lipinski definition) is 4. The molecular weight excluding hydrogens is 296 g/mol. The highest BCUT2D eigenvalue weighted by Crippen LogP contribution is 2.22. The van der Waals surface area contributed by atoms with E-state index in [1.807, 2.05) is 24.3 Å². The summed E-state index contributed by atoms with van der Waals surface area (Å²) in [5.74, 6) is -0.939. The number of hydrogen-bond donors (Lipinski definition) is 1. The number of nitrogens with zero attached hydrogens (tertiary/aromatic N) is 1. The molecule has 0 aliphatic carbocycles. The molecule has 2 amide bonds. The largest absolute Gasteiger partial charge is 0.462 e. The van der Waals surface area contributed by atoms with Crippen LogP contribution in [-0.4, -0.2) is 42.9 Å². The summed E-state index contributed by atoms with van der Waals surface area (Å²) in [5.41, 5.74) is 2.00. The Morgan fingerprint density at radius 3 is 2.30 bits per heavy atom. The van der Waals surface area contributed by atoms with Crippen LogP contribution in [0, 0.1) is 5.92 Å². The third kappa shape index (κ3) is 4.81. The molecule has 0 bridgehead atoms. The molecule has 1 aromatic rings. The number of nitrogens with one attached hydrogen (secondary N) is 1. The van der Waals surface area contributed by atoms with Crippen LogP contribution in [0.15, 0.2) is 24.3 Å². The van der Waals surface area contributed by atoms with E-state index in [9.17, 15) is 14.4 Å². The lowest BCUT2D eigenvalue weighted by molar-refractivity contribution is -0.158. The normalized spacial score (nSPS) is 15.1. The van der Waals surface area contributed by atoms with Crippen molar-refractivity contribution in [1.29, 1.82) is 0 Å². The van der Waals surface area contributed by atoms with Crippen LogP contribution in [0.2, 0.25) is 0 Å². The molecule has 124 valence electrons. The number of methoxy groups -OCH3 is 1. The second-order valence-corrected chi connectivity index (χ2v) is 5.81. The van der Waals surface area contributed by atoms with Crippen molar-refractivity contribution >= 4 is 23.5 Å². The summed E-state index contributed by atoms with van der Waals surface area (Å²) < 4.78 is 4.47. The van der Waals surface area contributed by atoms with E-state index in [4.69, 9.17) is 0 Å². The van der Waals surface area contributed by atoms with E-state index in [2.05, 4.69) is 10.1 Å². The lowest BCUT2D eigenvalue weighted by Crippen LogP contribution is -2.42. The SMILES string of the molecule is COC(=O)C(=O)N1CCC(Cc2ccc(NC(C)=O)cc2)CC1. The second kappa shape index (κ2) is 7.76. The Labute approximate surface area is 135 Å². The van der Waals surface area contributed by atoms with E-state index in [-0.39, 0.29) is 5.91 Å². The molecule has 1 saturated heterocycles. The lowest BCUT2D eigenvalue weighted by atomic mass is 9.90. The zero-order valence-corrected chi connectivity index (χ0v) is 13.5. The van der Waals surface area contributed by atoms with E-state index in [0.29, 0.717) is 19.0 Å². The minimum Gasteiger partial charge on any atom is -0.462 e. The third-order valence-corrected chi connectivity index (χ3v) is 4.06. The minimum atomic E-state index is -0.794. The molecule has 6 nitrogen and oxygen atoms in total. The molecule has 0 atom stereocenters. The van der Waals surface area contributed by atoms with E-state index in [1.54, 1.807) is 4.90 Å². The molecular formula is C17H22N2O4. The highest BCUT2D eigenvalue weighted by molar-refractivity contribution is 6.32. The Balaban J connectivity index is 1.83. The molecule has 1 heterocycles. The van der Waals surface area contributed by atoms with E-state index >= 15 is 0 Å². The van der Waals surface area contributed by atoms with Gasteiger partial charge in [-0.3, -0.25) is 9.59 Å². The van der Waals surface area contributed by atoms with Crippen LogP contribution < -0.4 is 5.32 Å². The molecule has 0 aromatic heterocycles. The van der Waals surface area contributed by atoms with E-state index in [1.165, 1.54) is 19.6 Å². The number of ether oxygens (including phenoxy) is 1. The molecule has 23 heavy (non-hydrogen) atoms. The number of carbonyl (C=O) groups is 3. The maximum atomic E-state index is 11.7. The number of piperidine rings is 1. The van der Waals surface area contributed by atoms with Gasteiger partial charge in [-0.1, -0.05) is 12.1 Å². The van der Waals surface area contributed by atoms with Gasteiger partial charge in [-0.25, -0.2) is 4.79 Å². The Hall–Kier alpha value is -2.37. The highest BCUT2D eigenvalue weighted by atomic mass is 16.5. The topological polar surface area (TPSA) is 75.7 Å². The molecule has 1 N–H and O–H groups in total. The number of likely N-dealkylation sites (tertiary alicyclic amines) is 1. The smallest absolute Gasteiger partial charge is 0.396 e. The van der Waals surface area contributed by atoms with Crippen LogP contribution >= 0.6 is 0 Å². The van der Waals surface area contributed by atoms with Gasteiger partial charge in [0.05, 0.1) is 7.11 Å². The Morgan fingerprint density at radius 1 is 1.17 bits per heavy atom. The van der Waals surface area contributed by atoms with Crippen LogP contribution in [-0.2, 0) is 25.5 Å². The van der Waals surface area contributed by atoms with Crippen molar-refractivity contribution < 1.29 is 19.1 Å². The third-order valence-electron chi connectivity index (χ3n) is 4.06. The maximum Gasteiger partial charge on any atom is 0.396 e. The summed E-state index contributed by atoms with van der Waals surface area (Å²) in [5, 5.41) is 2.74. The Morgan fingerprint density at radius 2 is 1.78 bits per heavy atom. The van der Waals surface area contributed by atoms with Crippen LogP contribution in [0.4, 0.5) is 5.69 Å². The first kappa shape index (κ1) is 17.0. The fraction of sp³-hybridized carbons (Fsp3) is 0.471. The fourth-order valence-corrected chi connectivity index (χ4v) is 2.82. The lowest BCUT2D eigenvalue weighted by Gasteiger charge is -2.31. The van der Waals surface area contributed by atoms with Crippen molar-refractivity contribution in [2.75, 3.05) is 25.5 Å². The monoisotopic (exact) mass is 318 g/mol. The highest BCUT2D eigenvalue weighted by Gasteiger charge is 2.27. The van der Waals surface area contributed by atoms with Gasteiger partial charge in [0.2, 0.25) is 5.91 Å². The molecule has 0 unspecified atom stereocenters. The number of esters is 1. The van der Waals surface area contributed by atoms with Gasteiger partial charge >= 0.3 is 11.9 Å². The van der Waals surface area contributed by atoms with Gasteiger partial charge in [0.1, 0.15) is 0 Å². The minimum absolute atomic E-state index is 0.0830. The first-order valence-electron chi connectivity index (χ1n) is 7.73. The summed E-state index contributed by atoms with van der Waals surface area (Å²) in [6, 6.07) is 7.81. The summed E-state index contributed by atoms with van der Waals surface area (Å²) >= 11 is 0. The number of benzene rings is 1. The second-order valence-electron chi connectivity index (χ2n) is 5.81. The molecule has 0 spiro atoms. The average molecular weight is 318 g/mol. The molecule has 2 rings (SSSR count). The Kier molecular flexibility index (Phi) is 5.73. The van der Waals surface area contributed by atoms with Crippen molar-refractivity contribution in [2.45, 2.75) is 26.2 Å². The zero-order valence-electron chi connectivity index (χ0n) is 13.5. The van der Waals surface area contributed by atoms with Crippen molar-refractivity contribution in [2.24, 2.45) is 5.92 Å². The molecule has 0 saturated carbocycles. The van der Waals surface area contributed by atoms with Crippen LogP contribution in [0.1, 0.15) is 25.3 Å². The standard InChI is InChI=1S/C17H22N2O4/c1-12(20)18-15-5-3-13(4-6-15)11-14-7-9-19(10-8-14)16(21)17(22)23-2/h3-6,14H,7-11H2,1-2H3,(H,18,20). The predicted molar refractivity (Wildman–Crippen MR) is 85.8 cm³/mol. The Bertz CT molecular complexity index is 575. The van der Waals surface area contributed by atoms with Crippen LogP contribution in [0.5, 0.6) is 0 Å². The maximum absolute atomic E-state index is 11.7. The molecule has 1 aromatic carbocycles. The summed E-state index contributed by atoms with van der Waals surface area (Å²) in [4.78, 5) is 35.5. The van der Waals surface area contributed by atoms with Gasteiger partial charge in [-0.2, -0.15) is 0 Å². The van der Waals surface area contributed by atoms with Crippen molar-refractivity contribution in [3.05, 3.63) is 29.8 Å².